The van der Waals surface area contributed by atoms with Crippen LogP contribution in [0.5, 0.6) is 5.75 Å². The van der Waals surface area contributed by atoms with Gasteiger partial charge in [-0.1, -0.05) is 30.3 Å². The van der Waals surface area contributed by atoms with Gasteiger partial charge in [0.25, 0.3) is 0 Å². The Balaban J connectivity index is 2.61. The first-order chi connectivity index (χ1) is 7.74. The molecule has 0 amide bonds. The summed E-state index contributed by atoms with van der Waals surface area (Å²) in [5.41, 5.74) is 0.441. The fourth-order valence-electron chi connectivity index (χ4n) is 1.56. The van der Waals surface area contributed by atoms with E-state index >= 15 is 0 Å². The van der Waals surface area contributed by atoms with Crippen LogP contribution in [-0.4, -0.2) is 7.11 Å². The Morgan fingerprint density at radius 2 is 1.56 bits per heavy atom. The molecule has 0 unspecified atom stereocenters. The van der Waals surface area contributed by atoms with Gasteiger partial charge in [-0.05, 0) is 12.1 Å². The molecule has 3 heteroatoms. The van der Waals surface area contributed by atoms with Crippen molar-refractivity contribution >= 4 is 0 Å². The summed E-state index contributed by atoms with van der Waals surface area (Å²) in [6.07, 6.45) is 0. The molecule has 0 bridgehead atoms. The lowest BCUT2D eigenvalue weighted by Crippen LogP contribution is -1.92. The van der Waals surface area contributed by atoms with E-state index in [4.69, 9.17) is 4.74 Å². The average Bonchev–Trinajstić information content (AvgIpc) is 2.31. The second kappa shape index (κ2) is 4.31. The summed E-state index contributed by atoms with van der Waals surface area (Å²) in [4.78, 5) is 0. The predicted molar refractivity (Wildman–Crippen MR) is 58.3 cm³/mol. The van der Waals surface area contributed by atoms with Crippen LogP contribution in [0.25, 0.3) is 11.1 Å². The van der Waals surface area contributed by atoms with Crippen LogP contribution in [-0.2, 0) is 0 Å². The Kier molecular flexibility index (Phi) is 2.86. The number of ether oxygens (including phenoxy) is 1. The van der Waals surface area contributed by atoms with E-state index in [1.54, 1.807) is 18.2 Å². The minimum atomic E-state index is -0.546. The zero-order valence-corrected chi connectivity index (χ0v) is 8.71. The van der Waals surface area contributed by atoms with Crippen molar-refractivity contribution in [2.45, 2.75) is 0 Å². The Labute approximate surface area is 92.3 Å². The molecule has 2 aromatic carbocycles. The van der Waals surface area contributed by atoms with E-state index in [9.17, 15) is 8.78 Å². The van der Waals surface area contributed by atoms with Crippen molar-refractivity contribution in [3.8, 4) is 16.9 Å². The Bertz CT molecular complexity index is 509. The third kappa shape index (κ3) is 1.76. The van der Waals surface area contributed by atoms with Crippen molar-refractivity contribution in [3.63, 3.8) is 0 Å². The van der Waals surface area contributed by atoms with Gasteiger partial charge in [-0.15, -0.1) is 0 Å². The molecule has 1 nitrogen and oxygen atoms in total. The lowest BCUT2D eigenvalue weighted by Gasteiger charge is -2.07. The molecule has 0 heterocycles. The first kappa shape index (κ1) is 10.6. The standard InChI is InChI=1S/C13H10F2O/c1-16-12-8-4-6-10(13(12)15)9-5-2-3-7-11(9)14/h2-8H,1H3. The minimum absolute atomic E-state index is 0.112. The summed E-state index contributed by atoms with van der Waals surface area (Å²) in [7, 11) is 1.38. The third-order valence-electron chi connectivity index (χ3n) is 2.35. The van der Waals surface area contributed by atoms with Crippen LogP contribution >= 0.6 is 0 Å². The van der Waals surface area contributed by atoms with E-state index in [0.29, 0.717) is 0 Å². The minimum Gasteiger partial charge on any atom is -0.494 e. The lowest BCUT2D eigenvalue weighted by atomic mass is 10.0. The number of hydrogen-bond donors (Lipinski definition) is 0. The van der Waals surface area contributed by atoms with Crippen LogP contribution in [0.4, 0.5) is 8.78 Å². The van der Waals surface area contributed by atoms with Gasteiger partial charge < -0.3 is 4.74 Å². The van der Waals surface area contributed by atoms with Gasteiger partial charge in [0.05, 0.1) is 7.11 Å². The normalized spacial score (nSPS) is 10.2. The molecule has 0 radical (unpaired) electrons. The van der Waals surface area contributed by atoms with Crippen molar-refractivity contribution in [2.24, 2.45) is 0 Å². The molecule has 0 aromatic heterocycles. The van der Waals surface area contributed by atoms with Gasteiger partial charge in [0.2, 0.25) is 0 Å². The predicted octanol–water partition coefficient (Wildman–Crippen LogP) is 3.64. The van der Waals surface area contributed by atoms with Crippen LogP contribution in [0, 0.1) is 11.6 Å². The molecule has 0 spiro atoms. The summed E-state index contributed by atoms with van der Waals surface area (Å²) in [5, 5.41) is 0. The van der Waals surface area contributed by atoms with Gasteiger partial charge in [0, 0.05) is 11.1 Å². The molecular formula is C13H10F2O. The molecule has 0 atom stereocenters. The largest absolute Gasteiger partial charge is 0.494 e. The Morgan fingerprint density at radius 1 is 0.875 bits per heavy atom. The summed E-state index contributed by atoms with van der Waals surface area (Å²) in [5.74, 6) is -0.884. The molecule has 0 aliphatic carbocycles. The highest BCUT2D eigenvalue weighted by Crippen LogP contribution is 2.30. The smallest absolute Gasteiger partial charge is 0.172 e. The maximum atomic E-state index is 13.8. The van der Waals surface area contributed by atoms with Crippen molar-refractivity contribution in [1.82, 2.24) is 0 Å². The quantitative estimate of drug-likeness (QED) is 0.750. The summed E-state index contributed by atoms with van der Waals surface area (Å²) < 4.78 is 32.2. The molecule has 2 rings (SSSR count). The highest BCUT2D eigenvalue weighted by molar-refractivity contribution is 5.66. The molecule has 0 fully saturated rings. The van der Waals surface area contributed by atoms with Crippen LogP contribution in [0.3, 0.4) is 0 Å². The van der Waals surface area contributed by atoms with Gasteiger partial charge in [-0.2, -0.15) is 0 Å². The molecule has 16 heavy (non-hydrogen) atoms. The molecule has 0 saturated carbocycles. The van der Waals surface area contributed by atoms with E-state index in [2.05, 4.69) is 0 Å². The van der Waals surface area contributed by atoms with E-state index in [-0.39, 0.29) is 16.9 Å². The van der Waals surface area contributed by atoms with Crippen LogP contribution in [0.2, 0.25) is 0 Å². The summed E-state index contributed by atoms with van der Waals surface area (Å²) in [6, 6.07) is 10.7. The van der Waals surface area contributed by atoms with E-state index in [1.807, 2.05) is 0 Å². The zero-order chi connectivity index (χ0) is 11.5. The highest BCUT2D eigenvalue weighted by Gasteiger charge is 2.12. The number of benzene rings is 2. The summed E-state index contributed by atoms with van der Waals surface area (Å²) >= 11 is 0. The maximum absolute atomic E-state index is 13.8. The SMILES string of the molecule is COc1cccc(-c2ccccc2F)c1F. The van der Waals surface area contributed by atoms with Crippen LogP contribution < -0.4 is 4.74 Å². The van der Waals surface area contributed by atoms with Crippen LogP contribution in [0.1, 0.15) is 0 Å². The van der Waals surface area contributed by atoms with Gasteiger partial charge in [0.15, 0.2) is 11.6 Å². The lowest BCUT2D eigenvalue weighted by molar-refractivity contribution is 0.387. The Hall–Kier alpha value is -1.90. The topological polar surface area (TPSA) is 9.23 Å². The first-order valence-electron chi connectivity index (χ1n) is 4.81. The zero-order valence-electron chi connectivity index (χ0n) is 8.71. The highest BCUT2D eigenvalue weighted by atomic mass is 19.1. The van der Waals surface area contributed by atoms with E-state index < -0.39 is 11.6 Å². The fourth-order valence-corrected chi connectivity index (χ4v) is 1.56. The van der Waals surface area contributed by atoms with Gasteiger partial charge in [-0.3, -0.25) is 0 Å². The molecule has 2 aromatic rings. The molecular weight excluding hydrogens is 210 g/mol. The Morgan fingerprint density at radius 3 is 2.25 bits per heavy atom. The van der Waals surface area contributed by atoms with Gasteiger partial charge in [-0.25, -0.2) is 8.78 Å². The monoisotopic (exact) mass is 220 g/mol. The van der Waals surface area contributed by atoms with Crippen molar-refractivity contribution < 1.29 is 13.5 Å². The first-order valence-corrected chi connectivity index (χ1v) is 4.81. The number of halogens is 2. The second-order valence-corrected chi connectivity index (χ2v) is 3.30. The van der Waals surface area contributed by atoms with Crippen molar-refractivity contribution in [3.05, 3.63) is 54.1 Å². The average molecular weight is 220 g/mol. The molecule has 0 aliphatic heterocycles. The number of methoxy groups -OCH3 is 1. The van der Waals surface area contributed by atoms with Gasteiger partial charge in [0.1, 0.15) is 5.82 Å². The molecule has 82 valence electrons. The molecule has 0 saturated heterocycles. The van der Waals surface area contributed by atoms with E-state index in [0.717, 1.165) is 0 Å². The third-order valence-corrected chi connectivity index (χ3v) is 2.35. The fraction of sp³-hybridized carbons (Fsp3) is 0.0769. The molecule has 0 aliphatic rings. The van der Waals surface area contributed by atoms with E-state index in [1.165, 1.54) is 31.4 Å². The van der Waals surface area contributed by atoms with Crippen LogP contribution in [0.15, 0.2) is 42.5 Å². The summed E-state index contributed by atoms with van der Waals surface area (Å²) in [6.45, 7) is 0. The maximum Gasteiger partial charge on any atom is 0.172 e. The van der Waals surface area contributed by atoms with Crippen molar-refractivity contribution in [2.75, 3.05) is 7.11 Å². The van der Waals surface area contributed by atoms with Crippen molar-refractivity contribution in [1.29, 1.82) is 0 Å². The number of hydrogen-bond acceptors (Lipinski definition) is 1. The molecule has 0 N–H and O–H groups in total. The number of rotatable bonds is 2. The second-order valence-electron chi connectivity index (χ2n) is 3.30. The van der Waals surface area contributed by atoms with Gasteiger partial charge >= 0.3 is 0 Å².